The van der Waals surface area contributed by atoms with Crippen LogP contribution >= 0.6 is 11.3 Å². The summed E-state index contributed by atoms with van der Waals surface area (Å²) >= 11 is 1.92. The van der Waals surface area contributed by atoms with Crippen LogP contribution in [0.1, 0.15) is 81.5 Å². The molecule has 6 aromatic carbocycles. The number of para-hydroxylation sites is 2. The lowest BCUT2D eigenvalue weighted by Gasteiger charge is -2.22. The van der Waals surface area contributed by atoms with Gasteiger partial charge in [0.05, 0.1) is 12.6 Å². The molecule has 0 unspecified atom stereocenters. The first-order valence-corrected chi connectivity index (χ1v) is 17.9. The lowest BCUT2D eigenvalue weighted by Crippen LogP contribution is -2.30. The topological polar surface area (TPSA) is 8.81 Å². The van der Waals surface area contributed by atoms with Crippen molar-refractivity contribution >= 4 is 64.1 Å². The maximum absolute atomic E-state index is 2.62. The highest BCUT2D eigenvalue weighted by Crippen LogP contribution is 2.46. The van der Waals surface area contributed by atoms with Gasteiger partial charge in [-0.15, -0.1) is 11.3 Å². The molecule has 0 spiro atoms. The molecule has 0 bridgehead atoms. The van der Waals surface area contributed by atoms with Crippen LogP contribution in [0.2, 0.25) is 0 Å². The number of fused-ring (bicyclic) bond motifs is 7. The number of aryl methyl sites for hydroxylation is 2. The molecule has 0 fully saturated rings. The second-order valence-corrected chi connectivity index (χ2v) is 15.4. The summed E-state index contributed by atoms with van der Waals surface area (Å²) in [7, 11) is 2.26. The maximum atomic E-state index is 2.62. The van der Waals surface area contributed by atoms with E-state index in [4.69, 9.17) is 0 Å². The highest BCUT2D eigenvalue weighted by atomic mass is 32.1. The summed E-state index contributed by atoms with van der Waals surface area (Å²) in [5.74, 6) is 2.46. The summed E-state index contributed by atoms with van der Waals surface area (Å²) in [5, 5.41) is 7.93. The number of imidazole rings is 1. The quantitative estimate of drug-likeness (QED) is 0.132. The lowest BCUT2D eigenvalue weighted by molar-refractivity contribution is -0.633. The van der Waals surface area contributed by atoms with E-state index in [-0.39, 0.29) is 0 Å². The Balaban J connectivity index is 1.54. The first kappa shape index (κ1) is 29.9. The van der Waals surface area contributed by atoms with E-state index in [9.17, 15) is 0 Å². The summed E-state index contributed by atoms with van der Waals surface area (Å²) in [6.07, 6.45) is 0. The van der Waals surface area contributed by atoms with Crippen LogP contribution in [0.5, 0.6) is 0 Å². The van der Waals surface area contributed by atoms with Crippen LogP contribution in [-0.2, 0) is 7.05 Å². The van der Waals surface area contributed by atoms with Crippen molar-refractivity contribution in [2.45, 2.75) is 66.2 Å². The molecule has 8 aromatic rings. The van der Waals surface area contributed by atoms with Crippen molar-refractivity contribution in [2.75, 3.05) is 0 Å². The van der Waals surface area contributed by atoms with Crippen molar-refractivity contribution < 1.29 is 4.57 Å². The molecule has 0 aliphatic rings. The zero-order chi connectivity index (χ0) is 32.7. The number of rotatable bonds is 5. The Hall–Kier alpha value is -4.47. The Morgan fingerprint density at radius 3 is 2.02 bits per heavy atom. The van der Waals surface area contributed by atoms with Crippen molar-refractivity contribution in [3.8, 4) is 17.1 Å². The first-order chi connectivity index (χ1) is 22.6. The van der Waals surface area contributed by atoms with E-state index in [1.165, 1.54) is 92.1 Å². The van der Waals surface area contributed by atoms with Gasteiger partial charge in [-0.05, 0) is 87.7 Å². The van der Waals surface area contributed by atoms with Crippen molar-refractivity contribution in [1.82, 2.24) is 4.57 Å². The highest BCUT2D eigenvalue weighted by molar-refractivity contribution is 7.26. The molecule has 47 heavy (non-hydrogen) atoms. The molecule has 2 aromatic heterocycles. The average Bonchev–Trinajstić information content (AvgIpc) is 3.57. The number of benzene rings is 6. The van der Waals surface area contributed by atoms with Gasteiger partial charge in [-0.1, -0.05) is 108 Å². The van der Waals surface area contributed by atoms with E-state index in [1.807, 2.05) is 11.3 Å². The van der Waals surface area contributed by atoms with Crippen molar-refractivity contribution in [2.24, 2.45) is 7.05 Å². The van der Waals surface area contributed by atoms with E-state index >= 15 is 0 Å². The standard InChI is InChI=1S/C44H43N2S/c1-25(2)31-22-33(26(3)4)43(34(23-31)27(5)6)46-38-16-12-11-15-37(38)45(8)44(46)41-28(7)17-20-39-42(41)36-21-30-19-18-29-13-9-10-14-32(29)35(30)24-40(36)47-39/h9-27H,1-8H3/q+1. The van der Waals surface area contributed by atoms with Crippen molar-refractivity contribution in [3.05, 3.63) is 119 Å². The van der Waals surface area contributed by atoms with Gasteiger partial charge in [-0.2, -0.15) is 4.57 Å². The molecule has 0 atom stereocenters. The molecule has 2 heterocycles. The van der Waals surface area contributed by atoms with Gasteiger partial charge in [0.25, 0.3) is 5.82 Å². The number of hydrogen-bond donors (Lipinski definition) is 0. The monoisotopic (exact) mass is 631 g/mol. The number of nitrogens with zero attached hydrogens (tertiary/aromatic N) is 2. The van der Waals surface area contributed by atoms with E-state index in [2.05, 4.69) is 162 Å². The minimum absolute atomic E-state index is 0.376. The smallest absolute Gasteiger partial charge is 0.225 e. The third kappa shape index (κ3) is 4.54. The molecule has 0 N–H and O–H groups in total. The molecule has 0 radical (unpaired) electrons. The molecular formula is C44H43N2S+. The zero-order valence-corrected chi connectivity index (χ0v) is 29.6. The predicted molar refractivity (Wildman–Crippen MR) is 205 cm³/mol. The Morgan fingerprint density at radius 2 is 1.30 bits per heavy atom. The number of hydrogen-bond acceptors (Lipinski definition) is 1. The Labute approximate surface area is 281 Å². The van der Waals surface area contributed by atoms with E-state index in [0.717, 1.165) is 0 Å². The van der Waals surface area contributed by atoms with Gasteiger partial charge in [-0.25, -0.2) is 4.57 Å². The molecule has 0 aliphatic carbocycles. The fourth-order valence-electron chi connectivity index (χ4n) is 7.76. The van der Waals surface area contributed by atoms with Crippen LogP contribution in [-0.4, -0.2) is 4.57 Å². The summed E-state index contributed by atoms with van der Waals surface area (Å²) in [4.78, 5) is 0. The van der Waals surface area contributed by atoms with Crippen LogP contribution in [0.15, 0.2) is 97.1 Å². The molecule has 3 heteroatoms. The minimum Gasteiger partial charge on any atom is -0.225 e. The molecule has 0 saturated carbocycles. The largest absolute Gasteiger partial charge is 0.295 e. The lowest BCUT2D eigenvalue weighted by atomic mass is 9.87. The zero-order valence-electron chi connectivity index (χ0n) is 28.8. The maximum Gasteiger partial charge on any atom is 0.295 e. The van der Waals surface area contributed by atoms with Crippen LogP contribution in [0, 0.1) is 6.92 Å². The third-order valence-corrected chi connectivity index (χ3v) is 11.4. The minimum atomic E-state index is 0.376. The SMILES string of the molecule is Cc1ccc2sc3cc4c(ccc5ccccc54)cc3c2c1-c1n(-c2c(C(C)C)cc(C(C)C)cc2C(C)C)c2ccccc2[n+]1C. The van der Waals surface area contributed by atoms with Gasteiger partial charge < -0.3 is 0 Å². The van der Waals surface area contributed by atoms with E-state index < -0.39 is 0 Å². The van der Waals surface area contributed by atoms with Gasteiger partial charge >= 0.3 is 0 Å². The van der Waals surface area contributed by atoms with Crippen LogP contribution in [0.3, 0.4) is 0 Å². The molecule has 234 valence electrons. The second kappa shape index (κ2) is 11.1. The fourth-order valence-corrected chi connectivity index (χ4v) is 8.89. The molecular weight excluding hydrogens is 589 g/mol. The molecule has 0 amide bonds. The van der Waals surface area contributed by atoms with E-state index in [0.29, 0.717) is 17.8 Å². The van der Waals surface area contributed by atoms with Crippen molar-refractivity contribution in [3.63, 3.8) is 0 Å². The molecule has 2 nitrogen and oxygen atoms in total. The summed E-state index contributed by atoms with van der Waals surface area (Å²) < 4.78 is 7.73. The van der Waals surface area contributed by atoms with Crippen LogP contribution in [0.25, 0.3) is 69.8 Å². The van der Waals surface area contributed by atoms with Gasteiger partial charge in [0.1, 0.15) is 5.69 Å². The Bertz CT molecular complexity index is 2490. The van der Waals surface area contributed by atoms with Gasteiger partial charge in [-0.3, -0.25) is 0 Å². The number of aromatic nitrogens is 2. The van der Waals surface area contributed by atoms with Crippen molar-refractivity contribution in [1.29, 1.82) is 0 Å². The normalized spacial score (nSPS) is 12.4. The fraction of sp³-hybridized carbons (Fsp3) is 0.250. The second-order valence-electron chi connectivity index (χ2n) is 14.3. The first-order valence-electron chi connectivity index (χ1n) is 17.1. The van der Waals surface area contributed by atoms with Gasteiger partial charge in [0.15, 0.2) is 11.0 Å². The summed E-state index contributed by atoms with van der Waals surface area (Å²) in [5.41, 5.74) is 10.7. The van der Waals surface area contributed by atoms with Gasteiger partial charge in [0.2, 0.25) is 0 Å². The summed E-state index contributed by atoms with van der Waals surface area (Å²) in [6.45, 7) is 16.3. The highest BCUT2D eigenvalue weighted by Gasteiger charge is 2.33. The van der Waals surface area contributed by atoms with Gasteiger partial charge in [0, 0.05) is 31.3 Å². The van der Waals surface area contributed by atoms with Crippen LogP contribution < -0.4 is 4.57 Å². The third-order valence-electron chi connectivity index (χ3n) is 10.3. The predicted octanol–water partition coefficient (Wildman–Crippen LogP) is 12.5. The number of thiophene rings is 1. The molecule has 0 saturated heterocycles. The van der Waals surface area contributed by atoms with Crippen LogP contribution in [0.4, 0.5) is 0 Å². The average molecular weight is 632 g/mol. The Morgan fingerprint density at radius 1 is 0.617 bits per heavy atom. The summed E-state index contributed by atoms with van der Waals surface area (Å²) in [6, 6.07) is 36.8. The molecule has 8 rings (SSSR count). The van der Waals surface area contributed by atoms with E-state index in [1.54, 1.807) is 0 Å². The Kier molecular flexibility index (Phi) is 7.04. The molecule has 0 aliphatic heterocycles.